The number of pyridine rings is 1. The van der Waals surface area contributed by atoms with Crippen molar-refractivity contribution in [1.82, 2.24) is 4.98 Å². The fourth-order valence-electron chi connectivity index (χ4n) is 1.02. The van der Waals surface area contributed by atoms with E-state index in [0.717, 1.165) is 6.42 Å². The number of terminal acetylenes is 1. The van der Waals surface area contributed by atoms with Crippen LogP contribution in [0, 0.1) is 12.8 Å². The highest BCUT2D eigenvalue weighted by Crippen LogP contribution is 2.10. The predicted octanol–water partition coefficient (Wildman–Crippen LogP) is 1.43. The molecular formula is C9H9N. The summed E-state index contributed by atoms with van der Waals surface area (Å²) in [5, 5.41) is 0. The molecule has 50 valence electrons. The lowest BCUT2D eigenvalue weighted by molar-refractivity contribution is 0.853. The van der Waals surface area contributed by atoms with E-state index in [1.54, 1.807) is 0 Å². The Morgan fingerprint density at radius 1 is 1.20 bits per heavy atom. The Morgan fingerprint density at radius 3 is 2.10 bits per heavy atom. The van der Waals surface area contributed by atoms with E-state index in [-0.39, 0.29) is 0 Å². The average Bonchev–Trinajstić information content (AvgIpc) is 2.11. The van der Waals surface area contributed by atoms with Gasteiger partial charge in [0.1, 0.15) is 0 Å². The van der Waals surface area contributed by atoms with Gasteiger partial charge in [-0.2, -0.15) is 0 Å². The molecule has 0 spiro atoms. The van der Waals surface area contributed by atoms with Gasteiger partial charge >= 0.3 is 0 Å². The lowest BCUT2D eigenvalue weighted by Gasteiger charge is -2.07. The molecule has 0 amide bonds. The van der Waals surface area contributed by atoms with Gasteiger partial charge in [0.05, 0.1) is 0 Å². The summed E-state index contributed by atoms with van der Waals surface area (Å²) >= 11 is 0. The summed E-state index contributed by atoms with van der Waals surface area (Å²) in [5.41, 5.74) is 2.61. The van der Waals surface area contributed by atoms with E-state index in [9.17, 15) is 0 Å². The van der Waals surface area contributed by atoms with Crippen molar-refractivity contribution in [2.24, 2.45) is 0 Å². The number of aromatic nitrogens is 1. The van der Waals surface area contributed by atoms with Gasteiger partial charge < -0.3 is 0 Å². The molecule has 0 saturated heterocycles. The van der Waals surface area contributed by atoms with Crippen molar-refractivity contribution < 1.29 is 0 Å². The highest BCUT2D eigenvalue weighted by atomic mass is 14.7. The molecule has 1 heteroatoms. The van der Waals surface area contributed by atoms with Crippen LogP contribution in [0.25, 0.3) is 0 Å². The third-order valence-corrected chi connectivity index (χ3v) is 1.56. The minimum absolute atomic E-state index is 1.16. The Balaban J connectivity index is 0.000000231. The lowest BCUT2D eigenvalue weighted by Crippen LogP contribution is -2.01. The molecule has 2 aliphatic rings. The van der Waals surface area contributed by atoms with E-state index in [1.165, 1.54) is 17.7 Å². The lowest BCUT2D eigenvalue weighted by atomic mass is 10.0. The van der Waals surface area contributed by atoms with Crippen molar-refractivity contribution in [3.05, 3.63) is 29.6 Å². The summed E-state index contributed by atoms with van der Waals surface area (Å²) in [4.78, 5) is 4.17. The van der Waals surface area contributed by atoms with Crippen LogP contribution in [0.2, 0.25) is 0 Å². The Kier molecular flexibility index (Phi) is 2.07. The smallest absolute Gasteiger partial charge is 0.0407 e. The average molecular weight is 131 g/mol. The first kappa shape index (κ1) is 6.82. The van der Waals surface area contributed by atoms with Crippen LogP contribution in [0.4, 0.5) is 0 Å². The molecule has 1 aromatic heterocycles. The van der Waals surface area contributed by atoms with Crippen molar-refractivity contribution in [1.29, 1.82) is 0 Å². The van der Waals surface area contributed by atoms with E-state index in [4.69, 9.17) is 0 Å². The highest BCUT2D eigenvalue weighted by molar-refractivity contribution is 5.20. The molecule has 0 unspecified atom stereocenters. The molecule has 3 rings (SSSR count). The topological polar surface area (TPSA) is 12.9 Å². The van der Waals surface area contributed by atoms with Gasteiger partial charge in [-0.3, -0.25) is 4.98 Å². The fourth-order valence-corrected chi connectivity index (χ4v) is 1.02. The maximum absolute atomic E-state index is 4.17. The molecule has 0 aromatic carbocycles. The summed E-state index contributed by atoms with van der Waals surface area (Å²) in [6.07, 6.45) is 12.3. The largest absolute Gasteiger partial charge is 0.261 e. The maximum Gasteiger partial charge on any atom is 0.0407 e. The number of rotatable bonds is 0. The quantitative estimate of drug-likeness (QED) is 0.485. The molecule has 2 bridgehead atoms. The van der Waals surface area contributed by atoms with Crippen LogP contribution < -0.4 is 0 Å². The first-order valence-corrected chi connectivity index (χ1v) is 3.22. The Labute approximate surface area is 61.1 Å². The van der Waals surface area contributed by atoms with Gasteiger partial charge in [0.25, 0.3) is 0 Å². The van der Waals surface area contributed by atoms with Crippen molar-refractivity contribution in [3.8, 4) is 12.8 Å². The van der Waals surface area contributed by atoms with E-state index < -0.39 is 0 Å². The van der Waals surface area contributed by atoms with Gasteiger partial charge in [-0.05, 0) is 24.5 Å². The molecule has 0 atom stereocenters. The van der Waals surface area contributed by atoms with Gasteiger partial charge in [0, 0.05) is 11.9 Å². The number of aryl methyl sites for hydroxylation is 2. The predicted molar refractivity (Wildman–Crippen MR) is 41.5 cm³/mol. The summed E-state index contributed by atoms with van der Waals surface area (Å²) < 4.78 is 0. The van der Waals surface area contributed by atoms with Crippen LogP contribution in [0.3, 0.4) is 0 Å². The normalized spacial score (nSPS) is 11.8. The molecule has 0 saturated carbocycles. The van der Waals surface area contributed by atoms with Gasteiger partial charge in [-0.25, -0.2) is 0 Å². The van der Waals surface area contributed by atoms with Gasteiger partial charge in [0.2, 0.25) is 0 Å². The summed E-state index contributed by atoms with van der Waals surface area (Å²) in [7, 11) is 0. The van der Waals surface area contributed by atoms with Crippen LogP contribution in [-0.4, -0.2) is 4.98 Å². The Hall–Kier alpha value is -1.29. The standard InChI is InChI=1S/C7H7N.C2H2/c1-3-7-4-2-6(1)5-8-7;1-2/h1,3,5H,2,4H2;1-2H. The minimum atomic E-state index is 1.16. The van der Waals surface area contributed by atoms with Crippen LogP contribution in [-0.2, 0) is 12.8 Å². The molecule has 2 heterocycles. The number of hydrogen-bond acceptors (Lipinski definition) is 1. The molecule has 1 aliphatic heterocycles. The molecule has 0 N–H and O–H groups in total. The maximum atomic E-state index is 4.17. The van der Waals surface area contributed by atoms with Crippen molar-refractivity contribution in [3.63, 3.8) is 0 Å². The van der Waals surface area contributed by atoms with E-state index in [1.807, 2.05) is 6.20 Å². The molecule has 0 fully saturated rings. The van der Waals surface area contributed by atoms with E-state index in [0.29, 0.717) is 0 Å². The molecular weight excluding hydrogens is 122 g/mol. The number of nitrogens with zero attached hydrogens (tertiary/aromatic N) is 1. The van der Waals surface area contributed by atoms with Crippen molar-refractivity contribution >= 4 is 0 Å². The highest BCUT2D eigenvalue weighted by Gasteiger charge is 2.02. The number of fused-ring (bicyclic) bond motifs is 3. The first-order chi connectivity index (χ1) is 4.95. The molecule has 1 nitrogen and oxygen atoms in total. The van der Waals surface area contributed by atoms with Crippen LogP contribution in [0.15, 0.2) is 18.3 Å². The summed E-state index contributed by atoms with van der Waals surface area (Å²) in [6, 6.07) is 4.24. The second-order valence-corrected chi connectivity index (χ2v) is 2.16. The SMILES string of the molecule is C#C.c1cc2ncc1CC2. The second-order valence-electron chi connectivity index (χ2n) is 2.16. The van der Waals surface area contributed by atoms with E-state index >= 15 is 0 Å². The zero-order valence-corrected chi connectivity index (χ0v) is 5.75. The van der Waals surface area contributed by atoms with Crippen molar-refractivity contribution in [2.75, 3.05) is 0 Å². The fraction of sp³-hybridized carbons (Fsp3) is 0.222. The Bertz CT molecular complexity index is 197. The summed E-state index contributed by atoms with van der Waals surface area (Å²) in [5.74, 6) is 0. The van der Waals surface area contributed by atoms with E-state index in [2.05, 4.69) is 30.0 Å². The van der Waals surface area contributed by atoms with Gasteiger partial charge in [-0.1, -0.05) is 6.07 Å². The van der Waals surface area contributed by atoms with Crippen molar-refractivity contribution in [2.45, 2.75) is 12.8 Å². The molecule has 1 aromatic rings. The van der Waals surface area contributed by atoms with Gasteiger partial charge in [-0.15, -0.1) is 12.8 Å². The molecule has 10 heavy (non-hydrogen) atoms. The monoisotopic (exact) mass is 131 g/mol. The summed E-state index contributed by atoms with van der Waals surface area (Å²) in [6.45, 7) is 0. The zero-order chi connectivity index (χ0) is 7.40. The first-order valence-electron chi connectivity index (χ1n) is 3.22. The Morgan fingerprint density at radius 2 is 2.00 bits per heavy atom. The molecule has 0 radical (unpaired) electrons. The molecule has 1 aliphatic carbocycles. The van der Waals surface area contributed by atoms with Crippen LogP contribution in [0.5, 0.6) is 0 Å². The van der Waals surface area contributed by atoms with Gasteiger partial charge in [0.15, 0.2) is 0 Å². The third kappa shape index (κ3) is 1.16. The minimum Gasteiger partial charge on any atom is -0.261 e. The second kappa shape index (κ2) is 3.03. The van der Waals surface area contributed by atoms with Crippen LogP contribution in [0.1, 0.15) is 11.3 Å². The number of hydrogen-bond donors (Lipinski definition) is 0. The van der Waals surface area contributed by atoms with Crippen LogP contribution >= 0.6 is 0 Å². The third-order valence-electron chi connectivity index (χ3n) is 1.56. The zero-order valence-electron chi connectivity index (χ0n) is 5.75.